The van der Waals surface area contributed by atoms with Crippen molar-refractivity contribution in [2.24, 2.45) is 12.8 Å². The molecule has 0 aliphatic carbocycles. The van der Waals surface area contributed by atoms with E-state index in [2.05, 4.69) is 4.98 Å². The second kappa shape index (κ2) is 5.11. The number of nitrogens with zero attached hydrogens (tertiary/aromatic N) is 3. The number of imidazole rings is 1. The number of rotatable bonds is 5. The maximum Gasteiger partial charge on any atom is 0.262 e. The molecule has 0 atom stereocenters. The Morgan fingerprint density at radius 1 is 1.65 bits per heavy atom. The Hall–Kier alpha value is -0.990. The zero-order valence-corrected chi connectivity index (χ0v) is 11.6. The molecule has 1 aromatic rings. The third kappa shape index (κ3) is 3.24. The second-order valence-electron chi connectivity index (χ2n) is 3.99. The van der Waals surface area contributed by atoms with Gasteiger partial charge in [-0.1, -0.05) is 12.2 Å². The van der Waals surface area contributed by atoms with Gasteiger partial charge in [0.2, 0.25) is 0 Å². The minimum absolute atomic E-state index is 0.00458. The normalized spacial score (nSPS) is 12.3. The molecule has 1 rings (SSSR count). The average molecular weight is 276 g/mol. The summed E-state index contributed by atoms with van der Waals surface area (Å²) >= 11 is 4.76. The summed E-state index contributed by atoms with van der Waals surface area (Å²) in [5.41, 5.74) is 5.41. The fourth-order valence-corrected chi connectivity index (χ4v) is 3.15. The van der Waals surface area contributed by atoms with Crippen molar-refractivity contribution in [3.8, 4) is 0 Å². The van der Waals surface area contributed by atoms with Gasteiger partial charge < -0.3 is 10.3 Å². The molecule has 0 saturated carbocycles. The molecule has 2 N–H and O–H groups in total. The lowest BCUT2D eigenvalue weighted by atomic mass is 10.4. The van der Waals surface area contributed by atoms with Gasteiger partial charge in [0.05, 0.1) is 17.9 Å². The van der Waals surface area contributed by atoms with Crippen molar-refractivity contribution >= 4 is 27.2 Å². The average Bonchev–Trinajstić information content (AvgIpc) is 2.61. The van der Waals surface area contributed by atoms with Gasteiger partial charge in [-0.05, 0) is 13.8 Å². The summed E-state index contributed by atoms with van der Waals surface area (Å²) in [5, 5.41) is 0.00458. The minimum Gasteiger partial charge on any atom is -0.392 e. The predicted molar refractivity (Wildman–Crippen MR) is 69.0 cm³/mol. The zero-order chi connectivity index (χ0) is 13.2. The van der Waals surface area contributed by atoms with E-state index >= 15 is 0 Å². The molecule has 1 aromatic heterocycles. The molecule has 0 amide bonds. The smallest absolute Gasteiger partial charge is 0.262 e. The van der Waals surface area contributed by atoms with E-state index in [1.54, 1.807) is 25.5 Å². The van der Waals surface area contributed by atoms with Crippen LogP contribution in [0.4, 0.5) is 0 Å². The zero-order valence-electron chi connectivity index (χ0n) is 9.99. The van der Waals surface area contributed by atoms with Crippen LogP contribution in [0.2, 0.25) is 0 Å². The molecule has 0 aliphatic rings. The van der Waals surface area contributed by atoms with Gasteiger partial charge in [0.1, 0.15) is 0 Å². The lowest BCUT2D eigenvalue weighted by Gasteiger charge is -2.24. The highest BCUT2D eigenvalue weighted by Gasteiger charge is 2.29. The number of sulfonamides is 1. The Balaban J connectivity index is 3.13. The van der Waals surface area contributed by atoms with Crippen LogP contribution >= 0.6 is 12.2 Å². The van der Waals surface area contributed by atoms with E-state index in [0.29, 0.717) is 0 Å². The first-order valence-electron chi connectivity index (χ1n) is 5.03. The third-order valence-corrected chi connectivity index (χ3v) is 4.18. The number of thiocarbonyl (C=S) groups is 1. The van der Waals surface area contributed by atoms with Gasteiger partial charge in [-0.2, -0.15) is 4.31 Å². The number of hydrogen-bond donors (Lipinski definition) is 1. The van der Waals surface area contributed by atoms with Gasteiger partial charge in [0.25, 0.3) is 10.0 Å². The summed E-state index contributed by atoms with van der Waals surface area (Å²) < 4.78 is 27.3. The van der Waals surface area contributed by atoms with Crippen molar-refractivity contribution in [3.05, 3.63) is 12.5 Å². The maximum absolute atomic E-state index is 12.3. The molecule has 0 unspecified atom stereocenters. The van der Waals surface area contributed by atoms with Gasteiger partial charge in [0.15, 0.2) is 5.03 Å². The van der Waals surface area contributed by atoms with E-state index in [-0.39, 0.29) is 22.6 Å². The fourth-order valence-electron chi connectivity index (χ4n) is 1.34. The molecular weight excluding hydrogens is 260 g/mol. The first-order valence-corrected chi connectivity index (χ1v) is 6.88. The molecule has 17 heavy (non-hydrogen) atoms. The molecule has 0 fully saturated rings. The van der Waals surface area contributed by atoms with Crippen LogP contribution in [0.5, 0.6) is 0 Å². The Labute approximate surface area is 106 Å². The highest BCUT2D eigenvalue weighted by atomic mass is 32.2. The predicted octanol–water partition coefficient (Wildman–Crippen LogP) is 0.105. The molecule has 0 bridgehead atoms. The van der Waals surface area contributed by atoms with E-state index in [9.17, 15) is 8.42 Å². The Morgan fingerprint density at radius 3 is 2.59 bits per heavy atom. The van der Waals surface area contributed by atoms with E-state index in [4.69, 9.17) is 18.0 Å². The summed E-state index contributed by atoms with van der Waals surface area (Å²) in [6, 6.07) is -0.233. The number of aryl methyl sites for hydroxylation is 1. The summed E-state index contributed by atoms with van der Waals surface area (Å²) in [7, 11) is -1.93. The summed E-state index contributed by atoms with van der Waals surface area (Å²) in [6.07, 6.45) is 2.89. The lowest BCUT2D eigenvalue weighted by molar-refractivity contribution is 0.389. The number of hydrogen-bond acceptors (Lipinski definition) is 4. The largest absolute Gasteiger partial charge is 0.392 e. The second-order valence-corrected chi connectivity index (χ2v) is 6.35. The Kier molecular flexibility index (Phi) is 4.23. The molecule has 0 spiro atoms. The first-order chi connectivity index (χ1) is 7.75. The topological polar surface area (TPSA) is 81.2 Å². The van der Waals surface area contributed by atoms with Gasteiger partial charge in [0, 0.05) is 19.3 Å². The molecule has 0 aliphatic heterocycles. The highest BCUT2D eigenvalue weighted by molar-refractivity contribution is 7.89. The molecular formula is C9H16N4O2S2. The van der Waals surface area contributed by atoms with Crippen LogP contribution in [0.15, 0.2) is 17.6 Å². The molecule has 96 valence electrons. The standard InChI is InChI=1S/C9H16N4O2S2/c1-7(2)13(4-8(10)16)17(14,15)9-5-12(3)6-11-9/h5-7H,4H2,1-3H3,(H2,10,16). The van der Waals surface area contributed by atoms with Gasteiger partial charge >= 0.3 is 0 Å². The Morgan fingerprint density at radius 2 is 2.24 bits per heavy atom. The summed E-state index contributed by atoms with van der Waals surface area (Å²) in [6.45, 7) is 3.55. The number of nitrogens with two attached hydrogens (primary N) is 1. The van der Waals surface area contributed by atoms with Crippen molar-refractivity contribution < 1.29 is 8.42 Å². The molecule has 6 nitrogen and oxygen atoms in total. The molecule has 1 heterocycles. The minimum atomic E-state index is -3.64. The molecule has 0 saturated heterocycles. The van der Waals surface area contributed by atoms with Crippen LogP contribution in [0.25, 0.3) is 0 Å². The van der Waals surface area contributed by atoms with Crippen LogP contribution in [0.1, 0.15) is 13.8 Å². The Bertz CT molecular complexity index is 507. The van der Waals surface area contributed by atoms with E-state index in [1.165, 1.54) is 16.8 Å². The van der Waals surface area contributed by atoms with Crippen LogP contribution in [-0.4, -0.2) is 39.8 Å². The van der Waals surface area contributed by atoms with Crippen molar-refractivity contribution in [2.75, 3.05) is 6.54 Å². The van der Waals surface area contributed by atoms with Crippen LogP contribution < -0.4 is 5.73 Å². The van der Waals surface area contributed by atoms with Crippen molar-refractivity contribution in [1.29, 1.82) is 0 Å². The summed E-state index contributed by atoms with van der Waals surface area (Å²) in [5.74, 6) is 0. The van der Waals surface area contributed by atoms with Gasteiger partial charge in [-0.15, -0.1) is 0 Å². The van der Waals surface area contributed by atoms with E-state index in [0.717, 1.165) is 0 Å². The first kappa shape index (κ1) is 14.1. The lowest BCUT2D eigenvalue weighted by Crippen LogP contribution is -2.42. The molecule has 0 aromatic carbocycles. The highest BCUT2D eigenvalue weighted by Crippen LogP contribution is 2.15. The summed E-state index contributed by atoms with van der Waals surface area (Å²) in [4.78, 5) is 3.98. The van der Waals surface area contributed by atoms with Gasteiger partial charge in [-0.25, -0.2) is 13.4 Å². The van der Waals surface area contributed by atoms with Crippen LogP contribution in [-0.2, 0) is 17.1 Å². The van der Waals surface area contributed by atoms with Crippen LogP contribution in [0, 0.1) is 0 Å². The van der Waals surface area contributed by atoms with Crippen molar-refractivity contribution in [1.82, 2.24) is 13.9 Å². The molecule has 8 heteroatoms. The van der Waals surface area contributed by atoms with E-state index < -0.39 is 10.0 Å². The van der Waals surface area contributed by atoms with Crippen molar-refractivity contribution in [2.45, 2.75) is 24.9 Å². The maximum atomic E-state index is 12.3. The third-order valence-electron chi connectivity index (χ3n) is 2.14. The molecule has 0 radical (unpaired) electrons. The van der Waals surface area contributed by atoms with Crippen LogP contribution in [0.3, 0.4) is 0 Å². The van der Waals surface area contributed by atoms with Gasteiger partial charge in [-0.3, -0.25) is 0 Å². The monoisotopic (exact) mass is 276 g/mol. The van der Waals surface area contributed by atoms with E-state index in [1.807, 2.05) is 0 Å². The quantitative estimate of drug-likeness (QED) is 0.772. The number of aromatic nitrogens is 2. The SMILES string of the molecule is CC(C)N(CC(N)=S)S(=O)(=O)c1cn(C)cn1. The fraction of sp³-hybridized carbons (Fsp3) is 0.556. The van der Waals surface area contributed by atoms with Crippen molar-refractivity contribution in [3.63, 3.8) is 0 Å².